The minimum atomic E-state index is 0.685. The fraction of sp³-hybridized carbons (Fsp3) is 0.300. The molecule has 0 aliphatic rings. The topological polar surface area (TPSA) is 69.6 Å². The Morgan fingerprint density at radius 3 is 2.87 bits per heavy atom. The first-order valence-corrected chi connectivity index (χ1v) is 4.79. The van der Waals surface area contributed by atoms with E-state index in [-0.39, 0.29) is 0 Å². The second-order valence-corrected chi connectivity index (χ2v) is 3.44. The molecule has 0 radical (unpaired) electrons. The van der Waals surface area contributed by atoms with Gasteiger partial charge in [-0.15, -0.1) is 0 Å². The number of anilines is 1. The lowest BCUT2D eigenvalue weighted by atomic mass is 10.3. The third kappa shape index (κ3) is 2.52. The van der Waals surface area contributed by atoms with Crippen molar-refractivity contribution in [2.75, 3.05) is 5.73 Å². The molecule has 0 aromatic carbocycles. The van der Waals surface area contributed by atoms with E-state index >= 15 is 0 Å². The van der Waals surface area contributed by atoms with E-state index in [0.29, 0.717) is 5.69 Å². The zero-order valence-corrected chi connectivity index (χ0v) is 8.59. The lowest BCUT2D eigenvalue weighted by molar-refractivity contribution is 0.606. The van der Waals surface area contributed by atoms with Gasteiger partial charge in [0.2, 0.25) is 0 Å². The number of nitrogens with zero attached hydrogens (tertiary/aromatic N) is 4. The van der Waals surface area contributed by atoms with Gasteiger partial charge in [0.1, 0.15) is 0 Å². The molecule has 0 atom stereocenters. The van der Waals surface area contributed by atoms with E-state index in [1.807, 2.05) is 13.1 Å². The molecule has 0 aliphatic heterocycles. The number of aryl methyl sites for hydroxylation is 3. The van der Waals surface area contributed by atoms with Crippen molar-refractivity contribution in [3.8, 4) is 0 Å². The quantitative estimate of drug-likeness (QED) is 0.801. The highest BCUT2D eigenvalue weighted by molar-refractivity contribution is 5.30. The first-order chi connectivity index (χ1) is 7.24. The number of aromatic nitrogens is 4. The summed E-state index contributed by atoms with van der Waals surface area (Å²) in [5, 5.41) is 4.10. The molecule has 2 N–H and O–H groups in total. The van der Waals surface area contributed by atoms with Gasteiger partial charge in [0.25, 0.3) is 0 Å². The smallest absolute Gasteiger partial charge is 0.0719 e. The van der Waals surface area contributed by atoms with Crippen molar-refractivity contribution >= 4 is 5.69 Å². The Hall–Kier alpha value is -1.91. The van der Waals surface area contributed by atoms with Gasteiger partial charge in [-0.25, -0.2) is 0 Å². The van der Waals surface area contributed by atoms with Gasteiger partial charge in [-0.3, -0.25) is 14.6 Å². The molecule has 0 fully saturated rings. The zero-order chi connectivity index (χ0) is 10.7. The Morgan fingerprint density at radius 2 is 2.20 bits per heavy atom. The second-order valence-electron chi connectivity index (χ2n) is 3.44. The molecular formula is C10H13N5. The van der Waals surface area contributed by atoms with Gasteiger partial charge >= 0.3 is 0 Å². The number of nitrogen functional groups attached to an aromatic ring is 1. The van der Waals surface area contributed by atoms with Crippen LogP contribution in [-0.2, 0) is 13.0 Å². The van der Waals surface area contributed by atoms with Crippen molar-refractivity contribution < 1.29 is 0 Å². The molecule has 2 rings (SSSR count). The Labute approximate surface area is 88.0 Å². The van der Waals surface area contributed by atoms with E-state index in [1.54, 1.807) is 23.3 Å². The molecular weight excluding hydrogens is 190 g/mol. The van der Waals surface area contributed by atoms with E-state index in [9.17, 15) is 0 Å². The van der Waals surface area contributed by atoms with Crippen LogP contribution in [-0.4, -0.2) is 19.7 Å². The fourth-order valence-corrected chi connectivity index (χ4v) is 1.37. The van der Waals surface area contributed by atoms with Crippen LogP contribution < -0.4 is 5.73 Å². The van der Waals surface area contributed by atoms with E-state index in [2.05, 4.69) is 15.1 Å². The van der Waals surface area contributed by atoms with Crippen LogP contribution in [0.25, 0.3) is 0 Å². The Bertz CT molecular complexity index is 449. The molecule has 15 heavy (non-hydrogen) atoms. The first-order valence-electron chi connectivity index (χ1n) is 4.79. The van der Waals surface area contributed by atoms with Crippen molar-refractivity contribution in [3.63, 3.8) is 0 Å². The molecule has 5 nitrogen and oxygen atoms in total. The predicted octanol–water partition coefficient (Wildman–Crippen LogP) is 0.806. The van der Waals surface area contributed by atoms with Crippen LogP contribution in [0.15, 0.2) is 24.8 Å². The van der Waals surface area contributed by atoms with E-state index in [0.717, 1.165) is 24.4 Å². The third-order valence-electron chi connectivity index (χ3n) is 2.06. The van der Waals surface area contributed by atoms with Crippen molar-refractivity contribution in [3.05, 3.63) is 36.2 Å². The molecule has 2 heterocycles. The maximum Gasteiger partial charge on any atom is 0.0719 e. The highest BCUT2D eigenvalue weighted by atomic mass is 15.3. The minimum absolute atomic E-state index is 0.685. The minimum Gasteiger partial charge on any atom is -0.396 e. The number of hydrogen-bond donors (Lipinski definition) is 1. The molecule has 0 aliphatic carbocycles. The summed E-state index contributed by atoms with van der Waals surface area (Å²) in [5.74, 6) is 0. The van der Waals surface area contributed by atoms with Gasteiger partial charge < -0.3 is 5.73 Å². The Kier molecular flexibility index (Phi) is 2.62. The Balaban J connectivity index is 1.99. The molecule has 2 aromatic heterocycles. The van der Waals surface area contributed by atoms with Crippen molar-refractivity contribution in [2.24, 2.45) is 0 Å². The SMILES string of the molecule is Cc1cncc(CCn2cc(N)cn2)n1. The van der Waals surface area contributed by atoms with Crippen LogP contribution in [0.4, 0.5) is 5.69 Å². The summed E-state index contributed by atoms with van der Waals surface area (Å²) >= 11 is 0. The van der Waals surface area contributed by atoms with E-state index in [1.165, 1.54) is 0 Å². The maximum atomic E-state index is 5.56. The van der Waals surface area contributed by atoms with E-state index in [4.69, 9.17) is 5.73 Å². The first kappa shape index (κ1) is 9.64. The second kappa shape index (κ2) is 4.08. The molecule has 0 saturated carbocycles. The zero-order valence-electron chi connectivity index (χ0n) is 8.59. The Morgan fingerprint density at radius 1 is 1.33 bits per heavy atom. The summed E-state index contributed by atoms with van der Waals surface area (Å²) in [4.78, 5) is 8.45. The summed E-state index contributed by atoms with van der Waals surface area (Å²) < 4.78 is 1.80. The van der Waals surface area contributed by atoms with Crippen molar-refractivity contribution in [2.45, 2.75) is 19.9 Å². The van der Waals surface area contributed by atoms with Crippen LogP contribution in [0.1, 0.15) is 11.4 Å². The van der Waals surface area contributed by atoms with Crippen LogP contribution in [0.5, 0.6) is 0 Å². The molecule has 2 aromatic rings. The monoisotopic (exact) mass is 203 g/mol. The molecule has 78 valence electrons. The summed E-state index contributed by atoms with van der Waals surface area (Å²) in [6.07, 6.45) is 7.79. The van der Waals surface area contributed by atoms with Gasteiger partial charge in [-0.05, 0) is 6.92 Å². The average Bonchev–Trinajstić information content (AvgIpc) is 2.62. The van der Waals surface area contributed by atoms with Crippen LogP contribution >= 0.6 is 0 Å². The summed E-state index contributed by atoms with van der Waals surface area (Å²) in [5.41, 5.74) is 8.16. The van der Waals surface area contributed by atoms with Gasteiger partial charge in [0, 0.05) is 31.6 Å². The van der Waals surface area contributed by atoms with Crippen molar-refractivity contribution in [1.82, 2.24) is 19.7 Å². The van der Waals surface area contributed by atoms with Crippen LogP contribution in [0.2, 0.25) is 0 Å². The van der Waals surface area contributed by atoms with Gasteiger partial charge in [-0.1, -0.05) is 0 Å². The number of rotatable bonds is 3. The van der Waals surface area contributed by atoms with Crippen LogP contribution in [0, 0.1) is 6.92 Å². The highest BCUT2D eigenvalue weighted by Crippen LogP contribution is 2.01. The highest BCUT2D eigenvalue weighted by Gasteiger charge is 1.98. The normalized spacial score (nSPS) is 10.5. The standard InChI is InChI=1S/C10H13N5/c1-8-4-12-6-10(14-8)2-3-15-7-9(11)5-13-15/h4-7H,2-3,11H2,1H3. The lowest BCUT2D eigenvalue weighted by Gasteiger charge is -2.01. The molecule has 0 spiro atoms. The van der Waals surface area contributed by atoms with Gasteiger partial charge in [0.15, 0.2) is 0 Å². The third-order valence-corrected chi connectivity index (χ3v) is 2.06. The molecule has 5 heteroatoms. The predicted molar refractivity (Wildman–Crippen MR) is 57.1 cm³/mol. The lowest BCUT2D eigenvalue weighted by Crippen LogP contribution is -2.04. The van der Waals surface area contributed by atoms with Gasteiger partial charge in [-0.2, -0.15) is 5.10 Å². The molecule has 0 amide bonds. The summed E-state index contributed by atoms with van der Waals surface area (Å²) in [7, 11) is 0. The number of hydrogen-bond acceptors (Lipinski definition) is 4. The molecule has 0 unspecified atom stereocenters. The number of nitrogens with two attached hydrogens (primary N) is 1. The summed E-state index contributed by atoms with van der Waals surface area (Å²) in [6.45, 7) is 2.71. The molecule has 0 bridgehead atoms. The van der Waals surface area contributed by atoms with Crippen molar-refractivity contribution in [1.29, 1.82) is 0 Å². The van der Waals surface area contributed by atoms with E-state index < -0.39 is 0 Å². The average molecular weight is 203 g/mol. The summed E-state index contributed by atoms with van der Waals surface area (Å²) in [6, 6.07) is 0. The fourth-order valence-electron chi connectivity index (χ4n) is 1.37. The maximum absolute atomic E-state index is 5.56. The van der Waals surface area contributed by atoms with Gasteiger partial charge in [0.05, 0.1) is 23.3 Å². The largest absolute Gasteiger partial charge is 0.396 e. The molecule has 0 saturated heterocycles. The van der Waals surface area contributed by atoms with Crippen LogP contribution in [0.3, 0.4) is 0 Å².